The summed E-state index contributed by atoms with van der Waals surface area (Å²) in [7, 11) is 0. The van der Waals surface area contributed by atoms with Crippen LogP contribution in [0.15, 0.2) is 52.9 Å². The molecule has 3 aromatic rings. The SMILES string of the molecule is CCC12CC1(CC)[n+]1c(oc3ccccc31)-c1ccccc1O2. The molecule has 2 aromatic carbocycles. The van der Waals surface area contributed by atoms with Crippen LogP contribution in [0.1, 0.15) is 33.1 Å². The summed E-state index contributed by atoms with van der Waals surface area (Å²) in [6, 6.07) is 16.6. The van der Waals surface area contributed by atoms with Gasteiger partial charge in [0.05, 0.1) is 6.42 Å². The van der Waals surface area contributed by atoms with E-state index in [1.807, 2.05) is 18.2 Å². The monoisotopic (exact) mass is 306 g/mol. The Balaban J connectivity index is 1.93. The zero-order valence-corrected chi connectivity index (χ0v) is 13.5. The molecule has 0 bridgehead atoms. The molecule has 3 heteroatoms. The minimum atomic E-state index is -0.125. The molecule has 2 heterocycles. The summed E-state index contributed by atoms with van der Waals surface area (Å²) >= 11 is 0. The number of rotatable bonds is 2. The predicted octanol–water partition coefficient (Wildman–Crippen LogP) is 4.44. The third-order valence-corrected chi connectivity index (χ3v) is 5.82. The first-order valence-corrected chi connectivity index (χ1v) is 8.47. The van der Waals surface area contributed by atoms with Gasteiger partial charge in [-0.25, -0.2) is 0 Å². The summed E-state index contributed by atoms with van der Waals surface area (Å²) in [5.41, 5.74) is 3.03. The zero-order valence-electron chi connectivity index (χ0n) is 13.5. The van der Waals surface area contributed by atoms with Crippen LogP contribution in [0, 0.1) is 0 Å². The van der Waals surface area contributed by atoms with Gasteiger partial charge in [-0.15, -0.1) is 4.57 Å². The largest absolute Gasteiger partial charge is 0.479 e. The van der Waals surface area contributed by atoms with Gasteiger partial charge in [0.2, 0.25) is 11.1 Å². The maximum absolute atomic E-state index is 6.57. The van der Waals surface area contributed by atoms with Crippen molar-refractivity contribution < 1.29 is 13.7 Å². The minimum Gasteiger partial charge on any atom is -0.479 e. The van der Waals surface area contributed by atoms with Gasteiger partial charge in [-0.3, -0.25) is 0 Å². The Morgan fingerprint density at radius 3 is 2.61 bits per heavy atom. The van der Waals surface area contributed by atoms with Crippen molar-refractivity contribution in [3.8, 4) is 17.2 Å². The molecule has 2 atom stereocenters. The topological polar surface area (TPSA) is 26.2 Å². The number of oxazole rings is 1. The summed E-state index contributed by atoms with van der Waals surface area (Å²) in [5, 5.41) is 0. The fourth-order valence-corrected chi connectivity index (χ4v) is 4.50. The van der Waals surface area contributed by atoms with Gasteiger partial charge in [-0.05, 0) is 24.6 Å². The van der Waals surface area contributed by atoms with Gasteiger partial charge >= 0.3 is 5.89 Å². The van der Waals surface area contributed by atoms with Crippen molar-refractivity contribution in [2.75, 3.05) is 0 Å². The molecule has 1 aliphatic heterocycles. The number of aromatic nitrogens is 1. The molecule has 1 fully saturated rings. The zero-order chi connectivity index (χ0) is 15.7. The second-order valence-corrected chi connectivity index (χ2v) is 6.72. The molecular formula is C20H20NO2+. The Hall–Kier alpha value is -2.29. The molecule has 1 saturated carbocycles. The van der Waals surface area contributed by atoms with E-state index in [1.54, 1.807) is 0 Å². The van der Waals surface area contributed by atoms with E-state index in [9.17, 15) is 0 Å². The highest BCUT2D eigenvalue weighted by Gasteiger charge is 2.78. The van der Waals surface area contributed by atoms with Crippen LogP contribution in [0.2, 0.25) is 0 Å². The summed E-state index contributed by atoms with van der Waals surface area (Å²) in [4.78, 5) is 0. The quantitative estimate of drug-likeness (QED) is 0.654. The highest BCUT2D eigenvalue weighted by Crippen LogP contribution is 2.61. The first-order valence-electron chi connectivity index (χ1n) is 8.47. The molecule has 1 aliphatic carbocycles. The summed E-state index contributed by atoms with van der Waals surface area (Å²) in [6.45, 7) is 4.49. The Labute approximate surface area is 135 Å². The number of nitrogens with zero attached hydrogens (tertiary/aromatic N) is 1. The number of hydrogen-bond donors (Lipinski definition) is 0. The number of hydrogen-bond acceptors (Lipinski definition) is 2. The molecule has 0 radical (unpaired) electrons. The number of ether oxygens (including phenoxy) is 1. The van der Waals surface area contributed by atoms with Crippen LogP contribution in [0.3, 0.4) is 0 Å². The Kier molecular flexibility index (Phi) is 2.39. The van der Waals surface area contributed by atoms with Crippen LogP contribution in [0.25, 0.3) is 22.6 Å². The lowest BCUT2D eigenvalue weighted by atomic mass is 10.1. The van der Waals surface area contributed by atoms with Gasteiger partial charge in [0, 0.05) is 12.5 Å². The highest BCUT2D eigenvalue weighted by atomic mass is 16.5. The smallest absolute Gasteiger partial charge is 0.386 e. The van der Waals surface area contributed by atoms with Crippen LogP contribution in [0.4, 0.5) is 0 Å². The summed E-state index contributed by atoms with van der Waals surface area (Å²) in [5.74, 6) is 1.87. The summed E-state index contributed by atoms with van der Waals surface area (Å²) < 4.78 is 15.3. The molecular weight excluding hydrogens is 286 g/mol. The maximum atomic E-state index is 6.57. The Morgan fingerprint density at radius 1 is 1.00 bits per heavy atom. The molecule has 3 nitrogen and oxygen atoms in total. The first kappa shape index (κ1) is 13.2. The summed E-state index contributed by atoms with van der Waals surface area (Å²) in [6.07, 6.45) is 3.08. The lowest BCUT2D eigenvalue weighted by Gasteiger charge is -2.19. The maximum Gasteiger partial charge on any atom is 0.386 e. The molecule has 2 unspecified atom stereocenters. The van der Waals surface area contributed by atoms with E-state index in [-0.39, 0.29) is 11.1 Å². The van der Waals surface area contributed by atoms with Crippen molar-refractivity contribution in [2.24, 2.45) is 0 Å². The Morgan fingerprint density at radius 2 is 1.78 bits per heavy atom. The lowest BCUT2D eigenvalue weighted by Crippen LogP contribution is -2.52. The number of benzene rings is 2. The van der Waals surface area contributed by atoms with Gasteiger partial charge in [-0.2, -0.15) is 0 Å². The second-order valence-electron chi connectivity index (χ2n) is 6.72. The number of fused-ring (bicyclic) bond motifs is 7. The molecule has 0 amide bonds. The second kappa shape index (κ2) is 4.16. The fraction of sp³-hybridized carbons (Fsp3) is 0.350. The predicted molar refractivity (Wildman–Crippen MR) is 88.4 cm³/mol. The van der Waals surface area contributed by atoms with Crippen LogP contribution < -0.4 is 9.30 Å². The molecule has 5 rings (SSSR count). The van der Waals surface area contributed by atoms with E-state index < -0.39 is 0 Å². The number of para-hydroxylation sites is 3. The van der Waals surface area contributed by atoms with Crippen LogP contribution in [0.5, 0.6) is 5.75 Å². The van der Waals surface area contributed by atoms with Crippen molar-refractivity contribution in [3.05, 3.63) is 48.5 Å². The Bertz CT molecular complexity index is 928. The molecule has 23 heavy (non-hydrogen) atoms. The average molecular weight is 306 g/mol. The van der Waals surface area contributed by atoms with Crippen molar-refractivity contribution in [1.82, 2.24) is 0 Å². The van der Waals surface area contributed by atoms with Gasteiger partial charge in [0.25, 0.3) is 5.52 Å². The van der Waals surface area contributed by atoms with Gasteiger partial charge in [-0.1, -0.05) is 38.1 Å². The highest BCUT2D eigenvalue weighted by molar-refractivity contribution is 5.73. The molecule has 0 N–H and O–H groups in total. The van der Waals surface area contributed by atoms with Crippen LogP contribution in [-0.2, 0) is 5.54 Å². The average Bonchev–Trinajstić information content (AvgIpc) is 3.10. The fourth-order valence-electron chi connectivity index (χ4n) is 4.50. The molecule has 0 saturated heterocycles. The van der Waals surface area contributed by atoms with Crippen molar-refractivity contribution in [2.45, 2.75) is 44.2 Å². The van der Waals surface area contributed by atoms with Gasteiger partial charge < -0.3 is 9.15 Å². The minimum absolute atomic E-state index is 0.0112. The molecule has 116 valence electrons. The third kappa shape index (κ3) is 1.43. The standard InChI is InChI=1S/C20H20NO2/c1-3-19-13-20(19,4-2)23-16-11-7-5-9-14(16)18-21(19)15-10-6-8-12-17(15)22-18/h5-12H,3-4,13H2,1-2H3/q+1. The van der Waals surface area contributed by atoms with E-state index in [0.717, 1.165) is 42.0 Å². The lowest BCUT2D eigenvalue weighted by molar-refractivity contribution is -0.714. The third-order valence-electron chi connectivity index (χ3n) is 5.82. The first-order chi connectivity index (χ1) is 11.2. The van der Waals surface area contributed by atoms with E-state index in [2.05, 4.69) is 48.7 Å². The van der Waals surface area contributed by atoms with Crippen molar-refractivity contribution >= 4 is 11.1 Å². The van der Waals surface area contributed by atoms with Gasteiger partial charge in [0.15, 0.2) is 5.60 Å². The molecule has 2 aliphatic rings. The van der Waals surface area contributed by atoms with Crippen LogP contribution >= 0.6 is 0 Å². The van der Waals surface area contributed by atoms with E-state index in [0.29, 0.717) is 0 Å². The van der Waals surface area contributed by atoms with Crippen LogP contribution in [-0.4, -0.2) is 5.60 Å². The van der Waals surface area contributed by atoms with E-state index in [1.165, 1.54) is 5.52 Å². The molecule has 0 spiro atoms. The van der Waals surface area contributed by atoms with E-state index in [4.69, 9.17) is 9.15 Å². The molecule has 1 aromatic heterocycles. The normalized spacial score (nSPS) is 27.6. The van der Waals surface area contributed by atoms with Crippen molar-refractivity contribution in [1.29, 1.82) is 0 Å². The van der Waals surface area contributed by atoms with E-state index >= 15 is 0 Å². The van der Waals surface area contributed by atoms with Gasteiger partial charge in [0.1, 0.15) is 11.3 Å². The van der Waals surface area contributed by atoms with Crippen molar-refractivity contribution in [3.63, 3.8) is 0 Å².